The van der Waals surface area contributed by atoms with E-state index in [1.54, 1.807) is 0 Å². The fourth-order valence-electron chi connectivity index (χ4n) is 1.02. The van der Waals surface area contributed by atoms with Crippen LogP contribution < -0.4 is 5.32 Å². The van der Waals surface area contributed by atoms with Crippen LogP contribution in [0.5, 0.6) is 0 Å². The summed E-state index contributed by atoms with van der Waals surface area (Å²) in [5.41, 5.74) is 0. The zero-order chi connectivity index (χ0) is 12.2. The molecular formula is C8H11ClF3N3S. The second-order valence-corrected chi connectivity index (χ2v) is 4.56. The quantitative estimate of drug-likeness (QED) is 0.836. The van der Waals surface area contributed by atoms with E-state index in [1.165, 1.54) is 0 Å². The van der Waals surface area contributed by atoms with E-state index in [0.29, 0.717) is 18.1 Å². The lowest BCUT2D eigenvalue weighted by molar-refractivity contribution is -0.144. The van der Waals surface area contributed by atoms with Crippen molar-refractivity contribution < 1.29 is 13.2 Å². The molecule has 1 N–H and O–H groups in total. The Hall–Kier alpha value is -0.560. The van der Waals surface area contributed by atoms with Gasteiger partial charge in [-0.05, 0) is 6.42 Å². The van der Waals surface area contributed by atoms with Crippen molar-refractivity contribution in [2.75, 3.05) is 11.9 Å². The van der Waals surface area contributed by atoms with Crippen LogP contribution in [-0.2, 0) is 6.18 Å². The topological polar surface area (TPSA) is 37.8 Å². The van der Waals surface area contributed by atoms with Crippen molar-refractivity contribution >= 4 is 28.3 Å². The van der Waals surface area contributed by atoms with Gasteiger partial charge in [0.15, 0.2) is 0 Å². The van der Waals surface area contributed by atoms with Gasteiger partial charge in [0.05, 0.1) is 5.38 Å². The van der Waals surface area contributed by atoms with E-state index in [9.17, 15) is 13.2 Å². The lowest BCUT2D eigenvalue weighted by Gasteiger charge is -2.07. The number of hydrogen-bond acceptors (Lipinski definition) is 4. The summed E-state index contributed by atoms with van der Waals surface area (Å²) in [6.07, 6.45) is -2.75. The number of halogens is 4. The van der Waals surface area contributed by atoms with E-state index in [4.69, 9.17) is 11.6 Å². The van der Waals surface area contributed by atoms with E-state index in [-0.39, 0.29) is 10.5 Å². The van der Waals surface area contributed by atoms with Crippen LogP contribution in [0.4, 0.5) is 18.3 Å². The lowest BCUT2D eigenvalue weighted by Crippen LogP contribution is -2.14. The Labute approximate surface area is 100 Å². The van der Waals surface area contributed by atoms with Crippen molar-refractivity contribution in [3.8, 4) is 0 Å². The molecular weight excluding hydrogens is 263 g/mol. The van der Waals surface area contributed by atoms with E-state index in [0.717, 1.165) is 12.8 Å². The molecule has 1 unspecified atom stereocenters. The smallest absolute Gasteiger partial charge is 0.359 e. The third-order valence-electron chi connectivity index (χ3n) is 1.76. The third-order valence-corrected chi connectivity index (χ3v) is 2.80. The molecule has 0 aliphatic heterocycles. The summed E-state index contributed by atoms with van der Waals surface area (Å²) in [5.74, 6) is -1.11. The molecule has 0 aliphatic carbocycles. The standard InChI is InChI=1S/C8H11ClF3N3S/c1-2-3-5(9)4-13-7-14-6(15-16-7)8(10,11)12/h5H,2-4H2,1H3,(H,13,14,15). The first-order valence-electron chi connectivity index (χ1n) is 4.72. The van der Waals surface area contributed by atoms with Crippen LogP contribution in [0, 0.1) is 0 Å². The fraction of sp³-hybridized carbons (Fsp3) is 0.750. The number of aromatic nitrogens is 2. The minimum atomic E-state index is -4.49. The first-order valence-corrected chi connectivity index (χ1v) is 5.93. The summed E-state index contributed by atoms with van der Waals surface area (Å²) in [5, 5.41) is 2.77. The van der Waals surface area contributed by atoms with Gasteiger partial charge in [0, 0.05) is 18.1 Å². The van der Waals surface area contributed by atoms with Gasteiger partial charge in [0.25, 0.3) is 0 Å². The summed E-state index contributed by atoms with van der Waals surface area (Å²) in [6, 6.07) is 0. The van der Waals surface area contributed by atoms with Gasteiger partial charge in [0.2, 0.25) is 11.0 Å². The van der Waals surface area contributed by atoms with Gasteiger partial charge in [-0.25, -0.2) is 0 Å². The van der Waals surface area contributed by atoms with Crippen molar-refractivity contribution in [3.63, 3.8) is 0 Å². The monoisotopic (exact) mass is 273 g/mol. The lowest BCUT2D eigenvalue weighted by atomic mass is 10.2. The van der Waals surface area contributed by atoms with Gasteiger partial charge < -0.3 is 5.32 Å². The molecule has 0 amide bonds. The van der Waals surface area contributed by atoms with Crippen molar-refractivity contribution in [1.82, 2.24) is 9.36 Å². The second kappa shape index (κ2) is 5.67. The summed E-state index contributed by atoms with van der Waals surface area (Å²) in [4.78, 5) is 3.33. The Morgan fingerprint density at radius 2 is 2.19 bits per heavy atom. The van der Waals surface area contributed by atoms with Crippen molar-refractivity contribution in [1.29, 1.82) is 0 Å². The van der Waals surface area contributed by atoms with Gasteiger partial charge in [-0.2, -0.15) is 22.5 Å². The van der Waals surface area contributed by atoms with Crippen LogP contribution in [0.3, 0.4) is 0 Å². The largest absolute Gasteiger partial charge is 0.452 e. The summed E-state index contributed by atoms with van der Waals surface area (Å²) in [6.45, 7) is 2.38. The van der Waals surface area contributed by atoms with Crippen LogP contribution in [0.2, 0.25) is 0 Å². The van der Waals surface area contributed by atoms with Gasteiger partial charge in [-0.1, -0.05) is 13.3 Å². The van der Waals surface area contributed by atoms with Crippen LogP contribution in [0.25, 0.3) is 0 Å². The molecule has 1 aromatic rings. The first kappa shape index (κ1) is 13.5. The predicted molar refractivity (Wildman–Crippen MR) is 57.9 cm³/mol. The van der Waals surface area contributed by atoms with E-state index < -0.39 is 12.0 Å². The van der Waals surface area contributed by atoms with E-state index >= 15 is 0 Å². The highest BCUT2D eigenvalue weighted by Gasteiger charge is 2.36. The summed E-state index contributed by atoms with van der Waals surface area (Å²) < 4.78 is 39.7. The highest BCUT2D eigenvalue weighted by Crippen LogP contribution is 2.28. The molecule has 0 fully saturated rings. The number of nitrogens with one attached hydrogen (secondary N) is 1. The minimum absolute atomic E-state index is 0.108. The van der Waals surface area contributed by atoms with Crippen LogP contribution in [-0.4, -0.2) is 21.3 Å². The van der Waals surface area contributed by atoms with Crippen molar-refractivity contribution in [3.05, 3.63) is 5.82 Å². The molecule has 0 radical (unpaired) electrons. The molecule has 3 nitrogen and oxygen atoms in total. The average Bonchev–Trinajstić information content (AvgIpc) is 2.63. The highest BCUT2D eigenvalue weighted by molar-refractivity contribution is 7.09. The Morgan fingerprint density at radius 3 is 2.69 bits per heavy atom. The first-order chi connectivity index (χ1) is 7.43. The Balaban J connectivity index is 2.47. The normalized spacial score (nSPS) is 13.8. The maximum Gasteiger partial charge on any atom is 0.452 e. The number of rotatable bonds is 5. The number of hydrogen-bond donors (Lipinski definition) is 1. The minimum Gasteiger partial charge on any atom is -0.359 e. The van der Waals surface area contributed by atoms with Gasteiger partial charge in [0.1, 0.15) is 0 Å². The maximum absolute atomic E-state index is 12.1. The zero-order valence-corrected chi connectivity index (χ0v) is 10.1. The molecule has 0 saturated carbocycles. The SMILES string of the molecule is CCCC(Cl)CNc1nc(C(F)(F)F)ns1. The second-order valence-electron chi connectivity index (χ2n) is 3.19. The molecule has 92 valence electrons. The molecule has 1 atom stereocenters. The molecule has 0 aromatic carbocycles. The average molecular weight is 274 g/mol. The third kappa shape index (κ3) is 4.13. The van der Waals surface area contributed by atoms with Gasteiger partial charge in [-0.3, -0.25) is 0 Å². The van der Waals surface area contributed by atoms with Crippen LogP contribution >= 0.6 is 23.1 Å². The molecule has 1 heterocycles. The molecule has 8 heteroatoms. The van der Waals surface area contributed by atoms with E-state index in [1.807, 2.05) is 6.92 Å². The van der Waals surface area contributed by atoms with Crippen molar-refractivity contribution in [2.24, 2.45) is 0 Å². The number of anilines is 1. The predicted octanol–water partition coefficient (Wildman–Crippen LogP) is 3.38. The Morgan fingerprint density at radius 1 is 1.50 bits per heavy atom. The molecule has 0 spiro atoms. The number of nitrogens with zero attached hydrogens (tertiary/aromatic N) is 2. The molecule has 0 bridgehead atoms. The number of alkyl halides is 4. The zero-order valence-electron chi connectivity index (χ0n) is 8.51. The van der Waals surface area contributed by atoms with Gasteiger partial charge in [-0.15, -0.1) is 11.6 Å². The van der Waals surface area contributed by atoms with Crippen LogP contribution in [0.1, 0.15) is 25.6 Å². The highest BCUT2D eigenvalue weighted by atomic mass is 35.5. The Kier molecular flexibility index (Phi) is 4.79. The Bertz CT molecular complexity index is 329. The molecule has 0 aliphatic rings. The fourth-order valence-corrected chi connectivity index (χ4v) is 1.91. The summed E-state index contributed by atoms with van der Waals surface area (Å²) >= 11 is 6.58. The maximum atomic E-state index is 12.1. The van der Waals surface area contributed by atoms with Gasteiger partial charge >= 0.3 is 6.18 Å². The molecule has 1 rings (SSSR count). The summed E-state index contributed by atoms with van der Waals surface area (Å²) in [7, 11) is 0. The molecule has 0 saturated heterocycles. The molecule has 16 heavy (non-hydrogen) atoms. The van der Waals surface area contributed by atoms with E-state index in [2.05, 4.69) is 14.7 Å². The molecule has 1 aromatic heterocycles. The van der Waals surface area contributed by atoms with Crippen molar-refractivity contribution in [2.45, 2.75) is 31.3 Å². The van der Waals surface area contributed by atoms with Crippen LogP contribution in [0.15, 0.2) is 0 Å².